The summed E-state index contributed by atoms with van der Waals surface area (Å²) in [6, 6.07) is 38.7. The monoisotopic (exact) mass is 865 g/mol. The maximum absolute atomic E-state index is 5.55. The Hall–Kier alpha value is -4.31. The molecular weight excluding hydrogens is 813 g/mol. The third kappa shape index (κ3) is 9.18. The van der Waals surface area contributed by atoms with E-state index < -0.39 is 5.41 Å². The Bertz CT molecular complexity index is 1900. The van der Waals surface area contributed by atoms with Crippen molar-refractivity contribution in [1.82, 2.24) is 19.9 Å². The molecule has 0 saturated heterocycles. The minimum Gasteiger partial charge on any atom is -0.232 e. The molecule has 4 aromatic carbocycles. The van der Waals surface area contributed by atoms with Gasteiger partial charge in [0.25, 0.3) is 0 Å². The van der Waals surface area contributed by atoms with Crippen LogP contribution >= 0.6 is 0 Å². The van der Waals surface area contributed by atoms with E-state index in [1.54, 1.807) is 0 Å². The predicted molar refractivity (Wildman–Crippen MR) is 214 cm³/mol. The molecule has 0 bridgehead atoms. The Balaban J connectivity index is 0.00000523. The van der Waals surface area contributed by atoms with Gasteiger partial charge in [-0.05, 0) is 87.8 Å². The summed E-state index contributed by atoms with van der Waals surface area (Å²) >= 11 is 0. The second-order valence-electron chi connectivity index (χ2n) is 17.0. The van der Waals surface area contributed by atoms with Crippen LogP contribution in [-0.2, 0) is 25.5 Å². The molecule has 6 rings (SSSR count). The van der Waals surface area contributed by atoms with Crippen molar-refractivity contribution in [2.45, 2.75) is 87.5 Å². The van der Waals surface area contributed by atoms with Crippen LogP contribution in [0, 0.1) is 38.5 Å². The van der Waals surface area contributed by atoms with Crippen molar-refractivity contribution in [3.63, 3.8) is 0 Å². The van der Waals surface area contributed by atoms with Gasteiger partial charge in [-0.25, -0.2) is 19.9 Å². The van der Waals surface area contributed by atoms with E-state index >= 15 is 0 Å². The Kier molecular flexibility index (Phi) is 11.5. The molecule has 52 heavy (non-hydrogen) atoms. The molecule has 2 aromatic heterocycles. The molecule has 2 heterocycles. The van der Waals surface area contributed by atoms with Gasteiger partial charge in [-0.1, -0.05) is 137 Å². The summed E-state index contributed by atoms with van der Waals surface area (Å²) in [5.41, 5.74) is 11.7. The molecule has 0 spiro atoms. The number of rotatable bonds is 8. The van der Waals surface area contributed by atoms with Gasteiger partial charge in [-0.2, -0.15) is 0 Å². The number of hydrogen-bond donors (Lipinski definition) is 0. The summed E-state index contributed by atoms with van der Waals surface area (Å²) in [5.74, 6) is 1.53. The fourth-order valence-corrected chi connectivity index (χ4v) is 7.42. The molecule has 0 N–H and O–H groups in total. The zero-order valence-corrected chi connectivity index (χ0v) is 34.8. The zero-order chi connectivity index (χ0) is 36.6. The minimum atomic E-state index is -0.729. The standard InChI is InChI=1S/C47H52N4.Ir/c1-31-15-11-19-35(23-31)39-27-40(36-20-12-16-32(2)24-36)49-43(48-39)47(29-45(5,6)7,30-46(8,9)10)44-50-41(37-21-13-17-33(3)25-37)28-42(51-44)38-22-14-18-34(4)26-38;/h11-28H,29-30H2,1-10H3;/q;+3. The Morgan fingerprint density at radius 1 is 0.385 bits per heavy atom. The minimum absolute atomic E-state index is 0. The summed E-state index contributed by atoms with van der Waals surface area (Å²) < 4.78 is 0. The van der Waals surface area contributed by atoms with Crippen LogP contribution in [0.2, 0.25) is 0 Å². The van der Waals surface area contributed by atoms with E-state index in [0.717, 1.165) is 69.5 Å². The molecule has 6 aromatic rings. The molecule has 0 aliphatic carbocycles. The Labute approximate surface area is 325 Å². The van der Waals surface area contributed by atoms with Crippen molar-refractivity contribution in [2.75, 3.05) is 0 Å². The van der Waals surface area contributed by atoms with Crippen LogP contribution in [0.3, 0.4) is 0 Å². The summed E-state index contributed by atoms with van der Waals surface area (Å²) in [7, 11) is 0. The average Bonchev–Trinajstić information content (AvgIpc) is 3.06. The first-order valence-electron chi connectivity index (χ1n) is 18.1. The van der Waals surface area contributed by atoms with Crippen LogP contribution < -0.4 is 0 Å². The summed E-state index contributed by atoms with van der Waals surface area (Å²) in [4.78, 5) is 22.2. The summed E-state index contributed by atoms with van der Waals surface area (Å²) in [6.45, 7) is 22.4. The van der Waals surface area contributed by atoms with Crippen molar-refractivity contribution >= 4 is 0 Å². The Morgan fingerprint density at radius 2 is 0.635 bits per heavy atom. The molecule has 4 nitrogen and oxygen atoms in total. The molecule has 0 radical (unpaired) electrons. The van der Waals surface area contributed by atoms with E-state index in [4.69, 9.17) is 19.9 Å². The van der Waals surface area contributed by atoms with Crippen LogP contribution in [0.25, 0.3) is 45.0 Å². The van der Waals surface area contributed by atoms with Gasteiger partial charge in [-0.3, -0.25) is 0 Å². The number of benzene rings is 4. The third-order valence-corrected chi connectivity index (χ3v) is 9.23. The first kappa shape index (κ1) is 38.9. The molecule has 0 fully saturated rings. The molecule has 0 amide bonds. The van der Waals surface area contributed by atoms with Crippen LogP contribution in [0.1, 0.15) is 88.3 Å². The van der Waals surface area contributed by atoms with Crippen LogP contribution in [-0.4, -0.2) is 19.9 Å². The van der Waals surface area contributed by atoms with Gasteiger partial charge in [0.05, 0.1) is 28.2 Å². The van der Waals surface area contributed by atoms with Gasteiger partial charge in [0.2, 0.25) is 0 Å². The second-order valence-corrected chi connectivity index (χ2v) is 17.0. The van der Waals surface area contributed by atoms with E-state index in [1.165, 1.54) is 22.3 Å². The predicted octanol–water partition coefficient (Wildman–Crippen LogP) is 12.3. The Morgan fingerprint density at radius 3 is 0.846 bits per heavy atom. The summed E-state index contributed by atoms with van der Waals surface area (Å²) in [6.07, 6.45) is 1.51. The molecule has 0 atom stereocenters. The second kappa shape index (κ2) is 15.3. The zero-order valence-electron chi connectivity index (χ0n) is 32.4. The van der Waals surface area contributed by atoms with Gasteiger partial charge >= 0.3 is 20.1 Å². The van der Waals surface area contributed by atoms with E-state index in [9.17, 15) is 0 Å². The van der Waals surface area contributed by atoms with Crippen molar-refractivity contribution in [3.8, 4) is 45.0 Å². The maximum atomic E-state index is 5.55. The largest absolute Gasteiger partial charge is 3.00 e. The van der Waals surface area contributed by atoms with Gasteiger partial charge in [-0.15, -0.1) is 0 Å². The number of hydrogen-bond acceptors (Lipinski definition) is 4. The summed E-state index contributed by atoms with van der Waals surface area (Å²) in [5, 5.41) is 0. The fourth-order valence-electron chi connectivity index (χ4n) is 7.42. The molecule has 0 unspecified atom stereocenters. The van der Waals surface area contributed by atoms with E-state index in [1.807, 2.05) is 0 Å². The van der Waals surface area contributed by atoms with E-state index in [-0.39, 0.29) is 30.9 Å². The van der Waals surface area contributed by atoms with Gasteiger partial charge < -0.3 is 0 Å². The molecular formula is C47H52IrN4+3. The molecule has 5 heteroatoms. The smallest absolute Gasteiger partial charge is 0.232 e. The normalized spacial score (nSPS) is 12.0. The topological polar surface area (TPSA) is 51.6 Å². The fraction of sp³-hybridized carbons (Fsp3) is 0.319. The number of aromatic nitrogens is 4. The quantitative estimate of drug-likeness (QED) is 0.153. The molecule has 0 aliphatic rings. The molecule has 0 aliphatic heterocycles. The average molecular weight is 865 g/mol. The molecule has 0 saturated carbocycles. The third-order valence-electron chi connectivity index (χ3n) is 9.23. The van der Waals surface area contributed by atoms with Gasteiger partial charge in [0.1, 0.15) is 11.6 Å². The van der Waals surface area contributed by atoms with Crippen LogP contribution in [0.15, 0.2) is 109 Å². The number of aryl methyl sites for hydroxylation is 4. The maximum Gasteiger partial charge on any atom is 3.00 e. The first-order chi connectivity index (χ1) is 24.1. The van der Waals surface area contributed by atoms with E-state index in [2.05, 4.69) is 178 Å². The van der Waals surface area contributed by atoms with Crippen molar-refractivity contribution in [2.24, 2.45) is 10.8 Å². The van der Waals surface area contributed by atoms with Gasteiger partial charge in [0.15, 0.2) is 0 Å². The van der Waals surface area contributed by atoms with Crippen molar-refractivity contribution in [1.29, 1.82) is 0 Å². The van der Waals surface area contributed by atoms with Crippen molar-refractivity contribution < 1.29 is 20.1 Å². The van der Waals surface area contributed by atoms with Crippen LogP contribution in [0.5, 0.6) is 0 Å². The molecule has 266 valence electrons. The van der Waals surface area contributed by atoms with E-state index in [0.29, 0.717) is 0 Å². The SMILES string of the molecule is Cc1cccc(-c2cc(-c3cccc(C)c3)nc(C(CC(C)(C)C)(CC(C)(C)C)c3nc(-c4cccc(C)c4)cc(-c4cccc(C)c4)n3)n2)c1.[Ir+3]. The van der Waals surface area contributed by atoms with Crippen molar-refractivity contribution in [3.05, 3.63) is 143 Å². The van der Waals surface area contributed by atoms with Gasteiger partial charge in [0, 0.05) is 22.3 Å². The number of nitrogens with zero attached hydrogens (tertiary/aromatic N) is 4. The first-order valence-corrected chi connectivity index (χ1v) is 18.1. The van der Waals surface area contributed by atoms with Crippen LogP contribution in [0.4, 0.5) is 0 Å².